The van der Waals surface area contributed by atoms with Gasteiger partial charge in [0.25, 0.3) is 0 Å². The van der Waals surface area contributed by atoms with Crippen LogP contribution in [0.4, 0.5) is 0 Å². The smallest absolute Gasteiger partial charge is 0.165 e. The van der Waals surface area contributed by atoms with Crippen molar-refractivity contribution in [3.8, 4) is 67.5 Å². The molecule has 0 atom stereocenters. The Morgan fingerprint density at radius 1 is 0.288 bits per heavy atom. The van der Waals surface area contributed by atoms with E-state index in [4.69, 9.17) is 15.0 Å². The summed E-state index contributed by atoms with van der Waals surface area (Å²) in [5, 5.41) is 2.23. The van der Waals surface area contributed by atoms with Crippen LogP contribution in [0.1, 0.15) is 22.3 Å². The predicted molar refractivity (Wildman–Crippen MR) is 242 cm³/mol. The fraction of sp³-hybridized carbons (Fsp3) is 0.0179. The van der Waals surface area contributed by atoms with Gasteiger partial charge in [0.05, 0.1) is 5.41 Å². The largest absolute Gasteiger partial charge is 0.208 e. The highest BCUT2D eigenvalue weighted by molar-refractivity contribution is 6.08. The molecule has 0 saturated heterocycles. The summed E-state index contributed by atoms with van der Waals surface area (Å²) >= 11 is 0. The van der Waals surface area contributed by atoms with Gasteiger partial charge in [0, 0.05) is 16.7 Å². The van der Waals surface area contributed by atoms with Crippen molar-refractivity contribution in [1.82, 2.24) is 15.0 Å². The molecule has 0 N–H and O–H groups in total. The Labute approximate surface area is 344 Å². The van der Waals surface area contributed by atoms with Gasteiger partial charge in [-0.15, -0.1) is 0 Å². The maximum Gasteiger partial charge on any atom is 0.165 e. The first kappa shape index (κ1) is 34.5. The van der Waals surface area contributed by atoms with Crippen LogP contribution in [0, 0.1) is 0 Å². The van der Waals surface area contributed by atoms with Crippen LogP contribution in [0.5, 0.6) is 0 Å². The van der Waals surface area contributed by atoms with E-state index < -0.39 is 5.41 Å². The Bertz CT molecular complexity index is 2970. The van der Waals surface area contributed by atoms with Crippen molar-refractivity contribution in [2.24, 2.45) is 0 Å². The summed E-state index contributed by atoms with van der Waals surface area (Å²) in [7, 11) is 0. The lowest BCUT2D eigenvalue weighted by atomic mass is 9.67. The van der Waals surface area contributed by atoms with Crippen molar-refractivity contribution in [2.45, 2.75) is 5.41 Å². The molecule has 59 heavy (non-hydrogen) atoms. The lowest BCUT2D eigenvalue weighted by molar-refractivity contribution is 0.769. The second-order valence-electron chi connectivity index (χ2n) is 15.1. The normalized spacial score (nSPS) is 12.5. The van der Waals surface area contributed by atoms with Gasteiger partial charge in [0.15, 0.2) is 17.5 Å². The van der Waals surface area contributed by atoms with E-state index in [1.54, 1.807) is 0 Å². The number of rotatable bonds is 7. The van der Waals surface area contributed by atoms with Crippen LogP contribution in [-0.2, 0) is 5.41 Å². The van der Waals surface area contributed by atoms with Crippen LogP contribution in [0.25, 0.3) is 78.3 Å². The molecule has 3 heteroatoms. The van der Waals surface area contributed by atoms with E-state index in [1.807, 2.05) is 12.1 Å². The zero-order valence-electron chi connectivity index (χ0n) is 32.2. The Morgan fingerprint density at radius 2 is 0.695 bits per heavy atom. The van der Waals surface area contributed by atoms with Crippen LogP contribution >= 0.6 is 0 Å². The van der Waals surface area contributed by atoms with Gasteiger partial charge in [-0.05, 0) is 72.5 Å². The van der Waals surface area contributed by atoms with Crippen LogP contribution in [0.3, 0.4) is 0 Å². The summed E-state index contributed by atoms with van der Waals surface area (Å²) in [5.41, 5.74) is 14.1. The van der Waals surface area contributed by atoms with Gasteiger partial charge in [0.2, 0.25) is 0 Å². The molecule has 1 aromatic heterocycles. The minimum atomic E-state index is -0.577. The Kier molecular flexibility index (Phi) is 8.37. The third-order valence-corrected chi connectivity index (χ3v) is 11.8. The monoisotopic (exact) mass is 751 g/mol. The first-order valence-electron chi connectivity index (χ1n) is 20.1. The lowest BCUT2D eigenvalue weighted by Gasteiger charge is -2.34. The molecular formula is C56H37N3. The zero-order chi connectivity index (χ0) is 39.2. The summed E-state index contributed by atoms with van der Waals surface area (Å²) in [6.07, 6.45) is 0. The predicted octanol–water partition coefficient (Wildman–Crippen LogP) is 13.7. The molecule has 0 fully saturated rings. The third kappa shape index (κ3) is 5.78. The highest BCUT2D eigenvalue weighted by Crippen LogP contribution is 2.59. The van der Waals surface area contributed by atoms with Gasteiger partial charge in [0.1, 0.15) is 0 Å². The highest BCUT2D eigenvalue weighted by atomic mass is 15.0. The molecule has 9 aromatic carbocycles. The molecule has 276 valence electrons. The second kappa shape index (κ2) is 14.3. The van der Waals surface area contributed by atoms with Gasteiger partial charge in [-0.3, -0.25) is 0 Å². The molecule has 0 radical (unpaired) electrons. The summed E-state index contributed by atoms with van der Waals surface area (Å²) in [5.74, 6) is 1.90. The first-order chi connectivity index (χ1) is 29.3. The summed E-state index contributed by atoms with van der Waals surface area (Å²) in [6.45, 7) is 0. The van der Waals surface area contributed by atoms with E-state index in [0.29, 0.717) is 17.5 Å². The second-order valence-corrected chi connectivity index (χ2v) is 15.1. The number of nitrogens with zero attached hydrogens (tertiary/aromatic N) is 3. The van der Waals surface area contributed by atoms with Crippen LogP contribution in [-0.4, -0.2) is 15.0 Å². The average Bonchev–Trinajstić information content (AvgIpc) is 3.62. The van der Waals surface area contributed by atoms with Gasteiger partial charge < -0.3 is 0 Å². The Hall–Kier alpha value is -7.75. The molecule has 10 aromatic rings. The van der Waals surface area contributed by atoms with Gasteiger partial charge >= 0.3 is 0 Å². The fourth-order valence-corrected chi connectivity index (χ4v) is 9.12. The van der Waals surface area contributed by atoms with Crippen molar-refractivity contribution in [3.63, 3.8) is 0 Å². The topological polar surface area (TPSA) is 38.7 Å². The van der Waals surface area contributed by atoms with Gasteiger partial charge in [-0.2, -0.15) is 0 Å². The van der Waals surface area contributed by atoms with E-state index in [2.05, 4.69) is 212 Å². The molecule has 0 bridgehead atoms. The van der Waals surface area contributed by atoms with Gasteiger partial charge in [-0.25, -0.2) is 15.0 Å². The van der Waals surface area contributed by atoms with E-state index in [1.165, 1.54) is 38.9 Å². The van der Waals surface area contributed by atoms with Crippen molar-refractivity contribution < 1.29 is 0 Å². The number of aromatic nitrogens is 3. The van der Waals surface area contributed by atoms with Crippen molar-refractivity contribution in [3.05, 3.63) is 247 Å². The molecule has 0 spiro atoms. The fourth-order valence-electron chi connectivity index (χ4n) is 9.12. The third-order valence-electron chi connectivity index (χ3n) is 11.8. The number of benzene rings is 9. The zero-order valence-corrected chi connectivity index (χ0v) is 32.2. The minimum absolute atomic E-state index is 0.577. The molecule has 0 unspecified atom stereocenters. The van der Waals surface area contributed by atoms with Crippen LogP contribution < -0.4 is 0 Å². The Morgan fingerprint density at radius 3 is 1.24 bits per heavy atom. The minimum Gasteiger partial charge on any atom is -0.208 e. The average molecular weight is 752 g/mol. The van der Waals surface area contributed by atoms with E-state index in [-0.39, 0.29) is 0 Å². The van der Waals surface area contributed by atoms with Crippen molar-refractivity contribution in [2.75, 3.05) is 0 Å². The number of hydrogen-bond donors (Lipinski definition) is 0. The quantitative estimate of drug-likeness (QED) is 0.163. The first-order valence-corrected chi connectivity index (χ1v) is 20.1. The molecule has 0 aliphatic heterocycles. The molecular weight excluding hydrogens is 715 g/mol. The summed E-state index contributed by atoms with van der Waals surface area (Å²) in [4.78, 5) is 16.1. The van der Waals surface area contributed by atoms with E-state index in [9.17, 15) is 0 Å². The molecule has 11 rings (SSSR count). The molecule has 1 aliphatic rings. The standard InChI is InChI=1S/C56H37N3/c1-5-17-38(18-6-1)40-29-33-42(34-30-40)53-57-54(43-35-31-41(32-36-43)39-19-7-2-8-20-39)59-55(58-53)52-47-26-14-13-21-44(47)37-50-51(52)48-27-15-16-28-49(48)56(50,45-22-9-3-10-23-45)46-24-11-4-12-25-46/h1-37H. The molecule has 1 heterocycles. The van der Waals surface area contributed by atoms with E-state index in [0.717, 1.165) is 44.2 Å². The van der Waals surface area contributed by atoms with Crippen molar-refractivity contribution >= 4 is 10.8 Å². The molecule has 0 saturated carbocycles. The SMILES string of the molecule is c1ccc(-c2ccc(-c3nc(-c4ccc(-c5ccccc5)cc4)nc(-c4c5c(cc6ccccc46)C(c4ccccc4)(c4ccccc4)c4ccccc4-5)n3)cc2)cc1. The van der Waals surface area contributed by atoms with Crippen LogP contribution in [0.2, 0.25) is 0 Å². The Balaban J connectivity index is 1.19. The maximum atomic E-state index is 5.44. The molecule has 3 nitrogen and oxygen atoms in total. The molecule has 1 aliphatic carbocycles. The van der Waals surface area contributed by atoms with Crippen molar-refractivity contribution in [1.29, 1.82) is 0 Å². The highest BCUT2D eigenvalue weighted by Gasteiger charge is 2.47. The number of hydrogen-bond acceptors (Lipinski definition) is 3. The van der Waals surface area contributed by atoms with Gasteiger partial charge in [-0.1, -0.05) is 218 Å². The van der Waals surface area contributed by atoms with Crippen LogP contribution in [0.15, 0.2) is 224 Å². The summed E-state index contributed by atoms with van der Waals surface area (Å²) < 4.78 is 0. The maximum absolute atomic E-state index is 5.44. The van der Waals surface area contributed by atoms with E-state index >= 15 is 0 Å². The molecule has 0 amide bonds. The summed E-state index contributed by atoms with van der Waals surface area (Å²) in [6, 6.07) is 79.9. The lowest BCUT2D eigenvalue weighted by Crippen LogP contribution is -2.28. The number of fused-ring (bicyclic) bond motifs is 4.